The van der Waals surface area contributed by atoms with Crippen LogP contribution in [0.1, 0.15) is 0 Å². The second kappa shape index (κ2) is 9.32. The summed E-state index contributed by atoms with van der Waals surface area (Å²) in [6.07, 6.45) is -35.6. The van der Waals surface area contributed by atoms with E-state index in [9.17, 15) is 114 Å². The van der Waals surface area contributed by atoms with Gasteiger partial charge in [-0.15, -0.1) is 48.3 Å². The van der Waals surface area contributed by atoms with Crippen LogP contribution < -0.4 is 17.0 Å². The number of hydrogen-bond donors (Lipinski definition) is 0. The van der Waals surface area contributed by atoms with Crippen LogP contribution in [-0.4, -0.2) is 71.1 Å². The molecule has 0 spiro atoms. The largest absolute Gasteiger partial charge is 1.00 e. The van der Waals surface area contributed by atoms with Gasteiger partial charge < -0.3 is 17.0 Å². The lowest BCUT2D eigenvalue weighted by atomic mass is 9.90. The van der Waals surface area contributed by atoms with Crippen LogP contribution in [0.3, 0.4) is 0 Å². The molecular weight excluding hydrogens is 720 g/mol. The Morgan fingerprint density at radius 2 is 0.436 bits per heavy atom. The first kappa shape index (κ1) is 39.8. The number of rotatable bonds is 7. The van der Waals surface area contributed by atoms with E-state index in [0.717, 1.165) is 0 Å². The van der Waals surface area contributed by atoms with Crippen LogP contribution in [0, 0.1) is 0 Å². The molecule has 0 rings (SSSR count). The Hall–Kier alpha value is -1.38. The SMILES string of the molecule is FC(F)(F)C(F)(F)C(F)(F)C(F)(F)C(F)(F)C(F)(F)C(F)(F)C(F)(F)[N+](C(F)(F)F)(C(F)(F)F)C(F)(F)F.[Br-]. The number of alkyl halides is 26. The summed E-state index contributed by atoms with van der Waals surface area (Å²) < 4.78 is 326. The monoisotopic (exact) mass is 719 g/mol. The molecule has 238 valence electrons. The molecule has 0 saturated carbocycles. The van der Waals surface area contributed by atoms with Crippen molar-refractivity contribution in [2.24, 2.45) is 0 Å². The summed E-state index contributed by atoms with van der Waals surface area (Å²) in [5.74, 6) is -56.9. The van der Waals surface area contributed by atoms with Crippen molar-refractivity contribution in [2.75, 3.05) is 0 Å². The molecule has 0 heterocycles. The zero-order valence-corrected chi connectivity index (χ0v) is 17.7. The average Bonchev–Trinajstić information content (AvgIpc) is 2.55. The van der Waals surface area contributed by atoms with Crippen molar-refractivity contribution in [3.05, 3.63) is 0 Å². The summed E-state index contributed by atoms with van der Waals surface area (Å²) in [4.78, 5) is 0. The molecular formula is C11BrF26N. The smallest absolute Gasteiger partial charge is 0.581 e. The van der Waals surface area contributed by atoms with Gasteiger partial charge in [0.25, 0.3) is 0 Å². The maximum absolute atomic E-state index is 13.6. The third-order valence-electron chi connectivity index (χ3n) is 4.27. The van der Waals surface area contributed by atoms with E-state index in [2.05, 4.69) is 0 Å². The summed E-state index contributed by atoms with van der Waals surface area (Å²) in [5, 5.41) is 0. The number of nitrogens with zero attached hydrogens (tertiary/aromatic N) is 1. The fourth-order valence-electron chi connectivity index (χ4n) is 2.28. The predicted octanol–water partition coefficient (Wildman–Crippen LogP) is 5.33. The molecule has 0 aliphatic carbocycles. The van der Waals surface area contributed by atoms with E-state index in [0.29, 0.717) is 0 Å². The third-order valence-corrected chi connectivity index (χ3v) is 4.27. The Morgan fingerprint density at radius 1 is 0.256 bits per heavy atom. The van der Waals surface area contributed by atoms with Crippen molar-refractivity contribution in [3.63, 3.8) is 0 Å². The van der Waals surface area contributed by atoms with Gasteiger partial charge in [0.1, 0.15) is 0 Å². The van der Waals surface area contributed by atoms with Crippen molar-refractivity contribution in [1.29, 1.82) is 0 Å². The summed E-state index contributed by atoms with van der Waals surface area (Å²) in [5.41, 5.74) is 0. The topological polar surface area (TPSA) is 0 Å². The molecule has 0 fully saturated rings. The van der Waals surface area contributed by atoms with Gasteiger partial charge in [-0.25, -0.2) is 0 Å². The Kier molecular flexibility index (Phi) is 9.50. The standard InChI is InChI=1S/C11F26N.BrH/c12-1(13,3(16,17)5(20,21)7(24,25)26)2(14,15)4(18,19)6(22,23)8(27,28)38(9(29,30)31,10(32,33)34)11(35,36)37;/h;1H/q+1;/p-1. The van der Waals surface area contributed by atoms with Gasteiger partial charge >= 0.3 is 66.7 Å². The molecule has 0 aromatic carbocycles. The van der Waals surface area contributed by atoms with E-state index in [-0.39, 0.29) is 17.0 Å². The van der Waals surface area contributed by atoms with Crippen LogP contribution in [0.25, 0.3) is 0 Å². The van der Waals surface area contributed by atoms with Gasteiger partial charge in [-0.2, -0.15) is 65.9 Å². The van der Waals surface area contributed by atoms with Crippen LogP contribution >= 0.6 is 0 Å². The van der Waals surface area contributed by atoms with E-state index in [1.807, 2.05) is 0 Å². The molecule has 39 heavy (non-hydrogen) atoms. The van der Waals surface area contributed by atoms with Crippen molar-refractivity contribution < 1.29 is 136 Å². The zero-order valence-electron chi connectivity index (χ0n) is 16.2. The Balaban J connectivity index is 0. The van der Waals surface area contributed by atoms with Crippen LogP contribution in [-0.2, 0) is 0 Å². The van der Waals surface area contributed by atoms with Gasteiger partial charge in [-0.3, -0.25) is 0 Å². The Morgan fingerprint density at radius 3 is 0.615 bits per heavy atom. The van der Waals surface area contributed by atoms with Gasteiger partial charge in [-0.1, -0.05) is 0 Å². The van der Waals surface area contributed by atoms with Crippen LogP contribution in [0.2, 0.25) is 0 Å². The van der Waals surface area contributed by atoms with Crippen LogP contribution in [0.15, 0.2) is 0 Å². The normalized spacial score (nSPS) is 16.8. The lowest BCUT2D eigenvalue weighted by Gasteiger charge is -2.47. The first-order valence-electron chi connectivity index (χ1n) is 7.56. The first-order chi connectivity index (χ1) is 15.8. The highest BCUT2D eigenvalue weighted by molar-refractivity contribution is 5.14. The second-order valence-corrected chi connectivity index (χ2v) is 6.56. The van der Waals surface area contributed by atoms with Crippen molar-refractivity contribution in [2.45, 2.75) is 66.7 Å². The molecule has 0 aliphatic rings. The van der Waals surface area contributed by atoms with Gasteiger partial charge in [0, 0.05) is 4.48 Å². The molecule has 0 aromatic heterocycles. The lowest BCUT2D eigenvalue weighted by Crippen LogP contribution is -3.00. The summed E-state index contributed by atoms with van der Waals surface area (Å²) in [6.45, 7) is 0. The Labute approximate surface area is 203 Å². The fourth-order valence-corrected chi connectivity index (χ4v) is 2.28. The Bertz CT molecular complexity index is 830. The fraction of sp³-hybridized carbons (Fsp3) is 1.00. The van der Waals surface area contributed by atoms with Gasteiger partial charge in [0.15, 0.2) is 0 Å². The zero-order chi connectivity index (χ0) is 32.0. The summed E-state index contributed by atoms with van der Waals surface area (Å²) >= 11 is 0. The minimum Gasteiger partial charge on any atom is -1.00 e. The van der Waals surface area contributed by atoms with E-state index in [1.165, 1.54) is 0 Å². The highest BCUT2D eigenvalue weighted by Gasteiger charge is 3.04. The van der Waals surface area contributed by atoms with E-state index < -0.39 is 71.1 Å². The van der Waals surface area contributed by atoms with Gasteiger partial charge in [0.05, 0.1) is 0 Å². The number of quaternary nitrogens is 1. The first-order valence-corrected chi connectivity index (χ1v) is 7.56. The molecule has 0 amide bonds. The van der Waals surface area contributed by atoms with Crippen LogP contribution in [0.4, 0.5) is 114 Å². The maximum atomic E-state index is 13.6. The molecule has 0 bridgehead atoms. The quantitative estimate of drug-likeness (QED) is 0.190. The van der Waals surface area contributed by atoms with Crippen molar-refractivity contribution in [1.82, 2.24) is 0 Å². The molecule has 0 radical (unpaired) electrons. The lowest BCUT2D eigenvalue weighted by molar-refractivity contribution is -1.22. The molecule has 0 unspecified atom stereocenters. The van der Waals surface area contributed by atoms with E-state index in [4.69, 9.17) is 0 Å². The van der Waals surface area contributed by atoms with Gasteiger partial charge in [-0.05, 0) is 0 Å². The number of halogens is 27. The molecule has 0 aliphatic heterocycles. The minimum absolute atomic E-state index is 0. The summed E-state index contributed by atoms with van der Waals surface area (Å²) in [6, 6.07) is -9.98. The summed E-state index contributed by atoms with van der Waals surface area (Å²) in [7, 11) is 0. The predicted molar refractivity (Wildman–Crippen MR) is 59.1 cm³/mol. The molecule has 0 saturated heterocycles. The van der Waals surface area contributed by atoms with Crippen molar-refractivity contribution in [3.8, 4) is 0 Å². The third kappa shape index (κ3) is 4.61. The van der Waals surface area contributed by atoms with E-state index >= 15 is 0 Å². The highest BCUT2D eigenvalue weighted by Crippen LogP contribution is 2.68. The highest BCUT2D eigenvalue weighted by atomic mass is 79.9. The molecule has 28 heteroatoms. The second-order valence-electron chi connectivity index (χ2n) is 6.56. The molecule has 0 atom stereocenters. The molecule has 1 nitrogen and oxygen atoms in total. The van der Waals surface area contributed by atoms with Crippen molar-refractivity contribution >= 4 is 0 Å². The maximum Gasteiger partial charge on any atom is 0.581 e. The average molecular weight is 720 g/mol. The van der Waals surface area contributed by atoms with Crippen LogP contribution in [0.5, 0.6) is 0 Å². The number of hydrogen-bond acceptors (Lipinski definition) is 0. The minimum atomic E-state index is -9.98. The van der Waals surface area contributed by atoms with E-state index in [1.54, 1.807) is 0 Å². The molecule has 0 aromatic rings. The van der Waals surface area contributed by atoms with Gasteiger partial charge in [0.2, 0.25) is 0 Å². The molecule has 0 N–H and O–H groups in total.